The van der Waals surface area contributed by atoms with Crippen LogP contribution in [0.3, 0.4) is 0 Å². The van der Waals surface area contributed by atoms with E-state index < -0.39 is 0 Å². The fraction of sp³-hybridized carbons (Fsp3) is 0.538. The van der Waals surface area contributed by atoms with Gasteiger partial charge in [0.15, 0.2) is 0 Å². The lowest BCUT2D eigenvalue weighted by atomic mass is 10.0. The molecule has 0 bridgehead atoms. The van der Waals surface area contributed by atoms with Crippen LogP contribution in [-0.2, 0) is 0 Å². The van der Waals surface area contributed by atoms with Crippen LogP contribution in [0.4, 0.5) is 17.1 Å². The second-order valence-corrected chi connectivity index (χ2v) is 4.71. The molecule has 1 aromatic rings. The highest BCUT2D eigenvalue weighted by atomic mass is 16.6. The number of aliphatic hydroxyl groups excluding tert-OH is 1. The van der Waals surface area contributed by atoms with E-state index >= 15 is 0 Å². The lowest BCUT2D eigenvalue weighted by molar-refractivity contribution is -0.383. The summed E-state index contributed by atoms with van der Waals surface area (Å²) in [4.78, 5) is 12.9. The van der Waals surface area contributed by atoms with E-state index in [0.29, 0.717) is 11.4 Å². The summed E-state index contributed by atoms with van der Waals surface area (Å²) < 4.78 is 0. The van der Waals surface area contributed by atoms with Gasteiger partial charge in [0.05, 0.1) is 17.6 Å². The van der Waals surface area contributed by atoms with Gasteiger partial charge in [0, 0.05) is 13.6 Å². The van der Waals surface area contributed by atoms with Crippen LogP contribution in [0.15, 0.2) is 18.2 Å². The van der Waals surface area contributed by atoms with Crippen molar-refractivity contribution >= 4 is 17.1 Å². The SMILES string of the molecule is CNc1cccc(N2CCCCC2CO)c1[N+](=O)[O-]. The second-order valence-electron chi connectivity index (χ2n) is 4.71. The minimum Gasteiger partial charge on any atom is -0.394 e. The quantitative estimate of drug-likeness (QED) is 0.643. The summed E-state index contributed by atoms with van der Waals surface area (Å²) >= 11 is 0. The predicted octanol–water partition coefficient (Wildman–Crippen LogP) is 1.99. The number of aliphatic hydroxyl groups is 1. The summed E-state index contributed by atoms with van der Waals surface area (Å²) in [6.07, 6.45) is 2.93. The van der Waals surface area contributed by atoms with Crippen molar-refractivity contribution in [2.45, 2.75) is 25.3 Å². The monoisotopic (exact) mass is 265 g/mol. The molecule has 6 heteroatoms. The number of para-hydroxylation sites is 1. The third kappa shape index (κ3) is 2.63. The Morgan fingerprint density at radius 2 is 2.32 bits per heavy atom. The number of nitrogens with zero attached hydrogens (tertiary/aromatic N) is 2. The average Bonchev–Trinajstić information content (AvgIpc) is 2.46. The molecule has 0 amide bonds. The molecular formula is C13H19N3O3. The first-order valence-electron chi connectivity index (χ1n) is 6.51. The fourth-order valence-electron chi connectivity index (χ4n) is 2.66. The van der Waals surface area contributed by atoms with E-state index in [9.17, 15) is 15.2 Å². The Bertz CT molecular complexity index is 464. The summed E-state index contributed by atoms with van der Waals surface area (Å²) in [5, 5.41) is 23.6. The number of anilines is 2. The lowest BCUT2D eigenvalue weighted by Gasteiger charge is -2.36. The predicted molar refractivity (Wildman–Crippen MR) is 74.7 cm³/mol. The Morgan fingerprint density at radius 3 is 2.95 bits per heavy atom. The first-order valence-corrected chi connectivity index (χ1v) is 6.51. The average molecular weight is 265 g/mol. The van der Waals surface area contributed by atoms with E-state index in [1.807, 2.05) is 4.90 Å². The van der Waals surface area contributed by atoms with Crippen LogP contribution in [0.25, 0.3) is 0 Å². The smallest absolute Gasteiger partial charge is 0.315 e. The Kier molecular flexibility index (Phi) is 4.21. The first kappa shape index (κ1) is 13.6. The van der Waals surface area contributed by atoms with Gasteiger partial charge < -0.3 is 15.3 Å². The standard InChI is InChI=1S/C13H19N3O3/c1-14-11-6-4-7-12(13(11)16(18)19)15-8-3-2-5-10(15)9-17/h4,6-7,10,14,17H,2-3,5,8-9H2,1H3. The van der Waals surface area contributed by atoms with Crippen LogP contribution in [0, 0.1) is 10.1 Å². The molecule has 1 aromatic carbocycles. The van der Waals surface area contributed by atoms with E-state index in [2.05, 4.69) is 5.32 Å². The normalized spacial score (nSPS) is 19.3. The fourth-order valence-corrected chi connectivity index (χ4v) is 2.66. The van der Waals surface area contributed by atoms with E-state index in [4.69, 9.17) is 0 Å². The zero-order valence-corrected chi connectivity index (χ0v) is 11.0. The molecule has 1 heterocycles. The van der Waals surface area contributed by atoms with Crippen molar-refractivity contribution in [1.82, 2.24) is 0 Å². The van der Waals surface area contributed by atoms with Crippen molar-refractivity contribution in [1.29, 1.82) is 0 Å². The van der Waals surface area contributed by atoms with E-state index in [1.54, 1.807) is 25.2 Å². The zero-order chi connectivity index (χ0) is 13.8. The molecule has 1 unspecified atom stereocenters. The van der Waals surface area contributed by atoms with Crippen LogP contribution < -0.4 is 10.2 Å². The molecule has 1 aliphatic rings. The van der Waals surface area contributed by atoms with E-state index in [-0.39, 0.29) is 23.3 Å². The van der Waals surface area contributed by atoms with Crippen molar-refractivity contribution in [3.63, 3.8) is 0 Å². The minimum absolute atomic E-state index is 0.0282. The summed E-state index contributed by atoms with van der Waals surface area (Å²) in [7, 11) is 1.67. The zero-order valence-electron chi connectivity index (χ0n) is 11.0. The maximum absolute atomic E-state index is 11.3. The summed E-state index contributed by atoms with van der Waals surface area (Å²) in [5.74, 6) is 0. The van der Waals surface area contributed by atoms with Crippen molar-refractivity contribution in [3.05, 3.63) is 28.3 Å². The van der Waals surface area contributed by atoms with Gasteiger partial charge in [-0.15, -0.1) is 0 Å². The molecule has 0 radical (unpaired) electrons. The Morgan fingerprint density at radius 1 is 1.53 bits per heavy atom. The third-order valence-corrected chi connectivity index (χ3v) is 3.61. The van der Waals surface area contributed by atoms with E-state index in [1.165, 1.54) is 0 Å². The van der Waals surface area contributed by atoms with Crippen LogP contribution in [-0.4, -0.2) is 36.3 Å². The van der Waals surface area contributed by atoms with Gasteiger partial charge >= 0.3 is 5.69 Å². The molecule has 2 rings (SSSR count). The lowest BCUT2D eigenvalue weighted by Crippen LogP contribution is -2.42. The van der Waals surface area contributed by atoms with Gasteiger partial charge in [0.2, 0.25) is 0 Å². The van der Waals surface area contributed by atoms with Gasteiger partial charge in [0.25, 0.3) is 0 Å². The maximum atomic E-state index is 11.3. The number of rotatable bonds is 4. The number of nitro groups is 1. The summed E-state index contributed by atoms with van der Waals surface area (Å²) in [5.41, 5.74) is 1.19. The summed E-state index contributed by atoms with van der Waals surface area (Å²) in [6.45, 7) is 0.778. The maximum Gasteiger partial charge on any atom is 0.315 e. The number of nitro benzene ring substituents is 1. The number of hydrogen-bond donors (Lipinski definition) is 2. The van der Waals surface area contributed by atoms with Gasteiger partial charge in [-0.2, -0.15) is 0 Å². The second kappa shape index (κ2) is 5.88. The van der Waals surface area contributed by atoms with Crippen LogP contribution in [0.5, 0.6) is 0 Å². The third-order valence-electron chi connectivity index (χ3n) is 3.61. The largest absolute Gasteiger partial charge is 0.394 e. The molecule has 0 aliphatic carbocycles. The van der Waals surface area contributed by atoms with Crippen LogP contribution >= 0.6 is 0 Å². The number of hydrogen-bond acceptors (Lipinski definition) is 5. The van der Waals surface area contributed by atoms with Gasteiger partial charge in [-0.05, 0) is 31.4 Å². The molecule has 6 nitrogen and oxygen atoms in total. The first-order chi connectivity index (χ1) is 9.19. The molecule has 1 atom stereocenters. The molecule has 104 valence electrons. The van der Waals surface area contributed by atoms with Crippen molar-refractivity contribution < 1.29 is 10.0 Å². The van der Waals surface area contributed by atoms with Gasteiger partial charge in [-0.3, -0.25) is 10.1 Å². The van der Waals surface area contributed by atoms with Gasteiger partial charge in [-0.1, -0.05) is 6.07 Å². The van der Waals surface area contributed by atoms with E-state index in [0.717, 1.165) is 25.8 Å². The van der Waals surface area contributed by atoms with Crippen molar-refractivity contribution in [2.75, 3.05) is 30.4 Å². The molecule has 0 saturated carbocycles. The highest BCUT2D eigenvalue weighted by Crippen LogP contribution is 2.37. The van der Waals surface area contributed by atoms with Gasteiger partial charge in [-0.25, -0.2) is 0 Å². The molecule has 0 spiro atoms. The molecule has 1 fully saturated rings. The Hall–Kier alpha value is -1.82. The Balaban J connectivity index is 2.45. The molecule has 0 aromatic heterocycles. The molecule has 2 N–H and O–H groups in total. The minimum atomic E-state index is -0.357. The number of nitrogens with one attached hydrogen (secondary N) is 1. The highest BCUT2D eigenvalue weighted by molar-refractivity contribution is 5.77. The molecular weight excluding hydrogens is 246 g/mol. The van der Waals surface area contributed by atoms with Crippen molar-refractivity contribution in [2.24, 2.45) is 0 Å². The summed E-state index contributed by atoms with van der Waals surface area (Å²) in [6, 6.07) is 5.23. The van der Waals surface area contributed by atoms with Gasteiger partial charge in [0.1, 0.15) is 11.4 Å². The van der Waals surface area contributed by atoms with Crippen molar-refractivity contribution in [3.8, 4) is 0 Å². The molecule has 19 heavy (non-hydrogen) atoms. The molecule has 1 aliphatic heterocycles. The van der Waals surface area contributed by atoms with Crippen LogP contribution in [0.2, 0.25) is 0 Å². The highest BCUT2D eigenvalue weighted by Gasteiger charge is 2.29. The Labute approximate surface area is 112 Å². The molecule has 1 saturated heterocycles. The van der Waals surface area contributed by atoms with Crippen LogP contribution in [0.1, 0.15) is 19.3 Å². The number of piperidine rings is 1. The topological polar surface area (TPSA) is 78.6 Å². The number of benzene rings is 1.